The van der Waals surface area contributed by atoms with Crippen molar-refractivity contribution in [3.05, 3.63) is 0 Å². The van der Waals surface area contributed by atoms with Gasteiger partial charge >= 0.3 is 5.97 Å². The second kappa shape index (κ2) is 11.5. The molecule has 0 aromatic carbocycles. The highest BCUT2D eigenvalue weighted by Crippen LogP contribution is 2.11. The van der Waals surface area contributed by atoms with Gasteiger partial charge in [0.15, 0.2) is 0 Å². The Morgan fingerprint density at radius 2 is 1.62 bits per heavy atom. The zero-order valence-electron chi connectivity index (χ0n) is 16.0. The van der Waals surface area contributed by atoms with E-state index < -0.39 is 41.8 Å². The first-order chi connectivity index (χ1) is 12.0. The number of carbonyl (C=O) groups is 4. The van der Waals surface area contributed by atoms with Crippen molar-refractivity contribution in [1.82, 2.24) is 10.6 Å². The molecular formula is C17H32N4O5. The molecule has 26 heavy (non-hydrogen) atoms. The Bertz CT molecular complexity index is 509. The van der Waals surface area contributed by atoms with Crippen molar-refractivity contribution in [1.29, 1.82) is 0 Å². The summed E-state index contributed by atoms with van der Waals surface area (Å²) in [4.78, 5) is 46.9. The summed E-state index contributed by atoms with van der Waals surface area (Å²) in [6.45, 7) is 7.32. The second-order valence-corrected chi connectivity index (χ2v) is 7.01. The summed E-state index contributed by atoms with van der Waals surface area (Å²) in [5.41, 5.74) is 10.8. The predicted molar refractivity (Wildman–Crippen MR) is 96.8 cm³/mol. The fourth-order valence-corrected chi connectivity index (χ4v) is 2.35. The zero-order chi connectivity index (χ0) is 20.4. The van der Waals surface area contributed by atoms with Gasteiger partial charge < -0.3 is 27.2 Å². The van der Waals surface area contributed by atoms with Crippen LogP contribution in [0.4, 0.5) is 0 Å². The Morgan fingerprint density at radius 1 is 1.04 bits per heavy atom. The maximum absolute atomic E-state index is 12.5. The normalized spacial score (nSPS) is 15.6. The maximum Gasteiger partial charge on any atom is 0.326 e. The average molecular weight is 372 g/mol. The summed E-state index contributed by atoms with van der Waals surface area (Å²) in [6.07, 6.45) is 0.940. The third-order valence-corrected chi connectivity index (χ3v) is 4.16. The predicted octanol–water partition coefficient (Wildman–Crippen LogP) is -0.274. The summed E-state index contributed by atoms with van der Waals surface area (Å²) >= 11 is 0. The number of carbonyl (C=O) groups excluding carboxylic acids is 3. The molecule has 7 N–H and O–H groups in total. The van der Waals surface area contributed by atoms with Crippen molar-refractivity contribution in [2.24, 2.45) is 23.3 Å². The molecule has 0 fully saturated rings. The van der Waals surface area contributed by atoms with E-state index in [0.29, 0.717) is 12.8 Å². The SMILES string of the molecule is CCC(C)C(NC(=O)C(CC(C)C)NC(=O)C(N)CCC(N)=O)C(=O)O. The minimum absolute atomic E-state index is 0.0370. The van der Waals surface area contributed by atoms with Crippen LogP contribution >= 0.6 is 0 Å². The molecule has 0 bridgehead atoms. The molecule has 0 spiro atoms. The van der Waals surface area contributed by atoms with Crippen molar-refractivity contribution < 1.29 is 24.3 Å². The highest BCUT2D eigenvalue weighted by atomic mass is 16.4. The lowest BCUT2D eigenvalue weighted by Crippen LogP contribution is -2.56. The van der Waals surface area contributed by atoms with E-state index in [1.54, 1.807) is 6.92 Å². The molecule has 4 unspecified atom stereocenters. The first-order valence-electron chi connectivity index (χ1n) is 8.86. The summed E-state index contributed by atoms with van der Waals surface area (Å²) in [5, 5.41) is 14.4. The van der Waals surface area contributed by atoms with E-state index in [-0.39, 0.29) is 24.7 Å². The standard InChI is InChI=1S/C17H32N4O5/c1-5-10(4)14(17(25)26)21-16(24)12(8-9(2)3)20-15(23)11(18)6-7-13(19)22/h9-12,14H,5-8,18H2,1-4H3,(H2,19,22)(H,20,23)(H,21,24)(H,25,26). The lowest BCUT2D eigenvalue weighted by atomic mass is 9.97. The molecule has 0 rings (SSSR count). The van der Waals surface area contributed by atoms with E-state index in [2.05, 4.69) is 10.6 Å². The number of amides is 3. The molecule has 0 aliphatic rings. The van der Waals surface area contributed by atoms with Crippen LogP contribution in [0.2, 0.25) is 0 Å². The average Bonchev–Trinajstić information content (AvgIpc) is 2.54. The second-order valence-electron chi connectivity index (χ2n) is 7.01. The number of nitrogens with one attached hydrogen (secondary N) is 2. The van der Waals surface area contributed by atoms with Gasteiger partial charge in [0.25, 0.3) is 0 Å². The molecule has 0 aliphatic heterocycles. The van der Waals surface area contributed by atoms with Crippen molar-refractivity contribution in [2.75, 3.05) is 0 Å². The van der Waals surface area contributed by atoms with Crippen LogP contribution in [0.5, 0.6) is 0 Å². The van der Waals surface area contributed by atoms with Crippen LogP contribution in [0.3, 0.4) is 0 Å². The Morgan fingerprint density at radius 3 is 2.04 bits per heavy atom. The Balaban J connectivity index is 5.06. The van der Waals surface area contributed by atoms with Gasteiger partial charge in [0.1, 0.15) is 12.1 Å². The number of primary amides is 1. The third-order valence-electron chi connectivity index (χ3n) is 4.16. The highest BCUT2D eigenvalue weighted by molar-refractivity contribution is 5.92. The zero-order valence-corrected chi connectivity index (χ0v) is 16.0. The van der Waals surface area contributed by atoms with Gasteiger partial charge in [-0.05, 0) is 24.7 Å². The van der Waals surface area contributed by atoms with Crippen LogP contribution in [0.25, 0.3) is 0 Å². The Labute approximate surface area is 154 Å². The molecule has 0 aromatic rings. The van der Waals surface area contributed by atoms with E-state index in [9.17, 15) is 24.3 Å². The molecular weight excluding hydrogens is 340 g/mol. The van der Waals surface area contributed by atoms with Crippen LogP contribution in [-0.4, -0.2) is 46.9 Å². The summed E-state index contributed by atoms with van der Waals surface area (Å²) in [7, 11) is 0. The summed E-state index contributed by atoms with van der Waals surface area (Å²) < 4.78 is 0. The number of hydrogen-bond acceptors (Lipinski definition) is 5. The fraction of sp³-hybridized carbons (Fsp3) is 0.765. The van der Waals surface area contributed by atoms with E-state index >= 15 is 0 Å². The molecule has 0 aliphatic carbocycles. The van der Waals surface area contributed by atoms with E-state index in [4.69, 9.17) is 11.5 Å². The van der Waals surface area contributed by atoms with Crippen LogP contribution in [-0.2, 0) is 19.2 Å². The van der Waals surface area contributed by atoms with Crippen molar-refractivity contribution >= 4 is 23.7 Å². The monoisotopic (exact) mass is 372 g/mol. The van der Waals surface area contributed by atoms with E-state index in [1.165, 1.54) is 0 Å². The number of hydrogen-bond donors (Lipinski definition) is 5. The van der Waals surface area contributed by atoms with Gasteiger partial charge in [-0.15, -0.1) is 0 Å². The van der Waals surface area contributed by atoms with Gasteiger partial charge in [-0.3, -0.25) is 14.4 Å². The molecule has 0 heterocycles. The lowest BCUT2D eigenvalue weighted by molar-refractivity contribution is -0.143. The molecule has 0 radical (unpaired) electrons. The maximum atomic E-state index is 12.5. The fourth-order valence-electron chi connectivity index (χ4n) is 2.35. The number of aliphatic carboxylic acids is 1. The first-order valence-corrected chi connectivity index (χ1v) is 8.86. The minimum atomic E-state index is -1.12. The quantitative estimate of drug-likeness (QED) is 0.316. The van der Waals surface area contributed by atoms with Crippen molar-refractivity contribution in [3.63, 3.8) is 0 Å². The topological polar surface area (TPSA) is 165 Å². The summed E-state index contributed by atoms with van der Waals surface area (Å²) in [6, 6.07) is -2.93. The molecule has 0 aromatic heterocycles. The van der Waals surface area contributed by atoms with Crippen molar-refractivity contribution in [3.8, 4) is 0 Å². The van der Waals surface area contributed by atoms with Crippen LogP contribution < -0.4 is 22.1 Å². The largest absolute Gasteiger partial charge is 0.480 e. The number of nitrogens with two attached hydrogens (primary N) is 2. The van der Waals surface area contributed by atoms with Crippen LogP contribution in [0.1, 0.15) is 53.4 Å². The number of rotatable bonds is 12. The molecule has 0 saturated heterocycles. The first kappa shape index (κ1) is 23.8. The highest BCUT2D eigenvalue weighted by Gasteiger charge is 2.30. The van der Waals surface area contributed by atoms with Gasteiger partial charge in [-0.25, -0.2) is 4.79 Å². The smallest absolute Gasteiger partial charge is 0.326 e. The van der Waals surface area contributed by atoms with E-state index in [0.717, 1.165) is 0 Å². The molecule has 9 heteroatoms. The third kappa shape index (κ3) is 8.80. The van der Waals surface area contributed by atoms with Gasteiger partial charge in [-0.1, -0.05) is 34.1 Å². The summed E-state index contributed by atoms with van der Waals surface area (Å²) in [5.74, 6) is -3.02. The number of carboxylic acid groups (broad SMARTS) is 1. The minimum Gasteiger partial charge on any atom is -0.480 e. The van der Waals surface area contributed by atoms with Crippen LogP contribution in [0.15, 0.2) is 0 Å². The molecule has 150 valence electrons. The van der Waals surface area contributed by atoms with Crippen LogP contribution in [0, 0.1) is 11.8 Å². The van der Waals surface area contributed by atoms with Gasteiger partial charge in [0.05, 0.1) is 6.04 Å². The lowest BCUT2D eigenvalue weighted by Gasteiger charge is -2.26. The molecule has 0 saturated carbocycles. The van der Waals surface area contributed by atoms with Gasteiger partial charge in [-0.2, -0.15) is 0 Å². The van der Waals surface area contributed by atoms with Gasteiger partial charge in [0, 0.05) is 6.42 Å². The molecule has 4 atom stereocenters. The number of carboxylic acids is 1. The molecule has 9 nitrogen and oxygen atoms in total. The van der Waals surface area contributed by atoms with E-state index in [1.807, 2.05) is 20.8 Å². The Kier molecular flexibility index (Phi) is 10.5. The van der Waals surface area contributed by atoms with Gasteiger partial charge in [0.2, 0.25) is 17.7 Å². The molecule has 3 amide bonds. The van der Waals surface area contributed by atoms with Crippen molar-refractivity contribution in [2.45, 2.75) is 71.5 Å². The Hall–Kier alpha value is -2.16.